The average Bonchev–Trinajstić information content (AvgIpc) is 2.95. The number of alkyl carbamates (subject to hydrolysis) is 1. The molecule has 0 heterocycles. The topological polar surface area (TPSA) is 120 Å². The van der Waals surface area contributed by atoms with Gasteiger partial charge in [-0.2, -0.15) is 0 Å². The van der Waals surface area contributed by atoms with Crippen molar-refractivity contribution in [2.45, 2.75) is 116 Å². The first-order chi connectivity index (χ1) is 20.8. The number of carbonyl (C=O) groups is 4. The van der Waals surface area contributed by atoms with Crippen molar-refractivity contribution in [3.05, 3.63) is 65.2 Å². The second-order valence-corrected chi connectivity index (χ2v) is 13.3. The highest BCUT2D eigenvalue weighted by Gasteiger charge is 2.47. The van der Waals surface area contributed by atoms with Crippen molar-refractivity contribution >= 4 is 23.9 Å². The summed E-state index contributed by atoms with van der Waals surface area (Å²) in [6, 6.07) is 14.1. The van der Waals surface area contributed by atoms with Crippen LogP contribution in [-0.4, -0.2) is 41.6 Å². The fourth-order valence-corrected chi connectivity index (χ4v) is 6.56. The molecule has 44 heavy (non-hydrogen) atoms. The van der Waals surface area contributed by atoms with Crippen LogP contribution in [0.5, 0.6) is 5.75 Å². The minimum absolute atomic E-state index is 0.0469. The fraction of sp³-hybridized carbons (Fsp3) is 0.543. The maximum atomic E-state index is 13.2. The Bertz CT molecular complexity index is 1340. The SMILES string of the molecule is CC(=O)N[C@@H](CCC(=O)OC(C)(C)C)C(=O)Oc1ccc2c(c1)[C@@]1(C)CCCCC[C@@H](C2)[C@@H]1NC(=O)OCc1ccccc1. The minimum atomic E-state index is -1.01. The number of rotatable bonds is 9. The summed E-state index contributed by atoms with van der Waals surface area (Å²) in [5.74, 6) is -0.903. The molecule has 0 saturated heterocycles. The van der Waals surface area contributed by atoms with Crippen molar-refractivity contribution in [2.24, 2.45) is 5.92 Å². The molecule has 0 aromatic heterocycles. The molecule has 238 valence electrons. The van der Waals surface area contributed by atoms with Gasteiger partial charge in [0.15, 0.2) is 0 Å². The summed E-state index contributed by atoms with van der Waals surface area (Å²) in [6.07, 6.45) is 5.47. The molecule has 2 N–H and O–H groups in total. The first kappa shape index (κ1) is 33.0. The normalized spacial score (nSPS) is 21.8. The molecule has 4 atom stereocenters. The van der Waals surface area contributed by atoms with Crippen molar-refractivity contribution in [1.82, 2.24) is 10.6 Å². The number of hydrogen-bond donors (Lipinski definition) is 2. The number of nitrogens with one attached hydrogen (secondary N) is 2. The zero-order chi connectivity index (χ0) is 31.9. The lowest BCUT2D eigenvalue weighted by atomic mass is 9.59. The molecule has 9 heteroatoms. The van der Waals surface area contributed by atoms with Crippen molar-refractivity contribution in [3.8, 4) is 5.75 Å². The zero-order valence-corrected chi connectivity index (χ0v) is 26.6. The molecule has 2 aliphatic rings. The van der Waals surface area contributed by atoms with E-state index in [2.05, 4.69) is 17.6 Å². The van der Waals surface area contributed by atoms with E-state index in [0.717, 1.165) is 49.7 Å². The van der Waals surface area contributed by atoms with Crippen LogP contribution in [0, 0.1) is 5.92 Å². The molecular weight excluding hydrogens is 560 g/mol. The van der Waals surface area contributed by atoms with Crippen molar-refractivity contribution in [3.63, 3.8) is 0 Å². The van der Waals surface area contributed by atoms with E-state index in [-0.39, 0.29) is 31.4 Å². The largest absolute Gasteiger partial charge is 0.460 e. The van der Waals surface area contributed by atoms with Gasteiger partial charge in [0, 0.05) is 24.8 Å². The van der Waals surface area contributed by atoms with E-state index >= 15 is 0 Å². The lowest BCUT2D eigenvalue weighted by molar-refractivity contribution is -0.155. The van der Waals surface area contributed by atoms with Crippen LogP contribution in [0.2, 0.25) is 0 Å². The summed E-state index contributed by atoms with van der Waals surface area (Å²) in [5, 5.41) is 5.83. The number of esters is 2. The highest BCUT2D eigenvalue weighted by atomic mass is 16.6. The van der Waals surface area contributed by atoms with Crippen LogP contribution in [0.3, 0.4) is 0 Å². The van der Waals surface area contributed by atoms with Gasteiger partial charge in [-0.3, -0.25) is 9.59 Å². The summed E-state index contributed by atoms with van der Waals surface area (Å²) >= 11 is 0. The van der Waals surface area contributed by atoms with Crippen LogP contribution in [0.25, 0.3) is 0 Å². The highest BCUT2D eigenvalue weighted by Crippen LogP contribution is 2.47. The van der Waals surface area contributed by atoms with Gasteiger partial charge < -0.3 is 24.8 Å². The molecular formula is C35H46N2O7. The van der Waals surface area contributed by atoms with E-state index in [1.54, 1.807) is 26.8 Å². The van der Waals surface area contributed by atoms with Crippen LogP contribution in [-0.2, 0) is 42.3 Å². The van der Waals surface area contributed by atoms with Gasteiger partial charge in [0.05, 0.1) is 0 Å². The summed E-state index contributed by atoms with van der Waals surface area (Å²) in [6.45, 7) is 9.00. The molecule has 1 saturated carbocycles. The number of fused-ring (bicyclic) bond motifs is 4. The van der Waals surface area contributed by atoms with E-state index < -0.39 is 41.0 Å². The highest BCUT2D eigenvalue weighted by molar-refractivity contribution is 5.85. The molecule has 0 radical (unpaired) electrons. The smallest absolute Gasteiger partial charge is 0.407 e. The van der Waals surface area contributed by atoms with Gasteiger partial charge in [0.1, 0.15) is 24.0 Å². The van der Waals surface area contributed by atoms with Gasteiger partial charge in [0.2, 0.25) is 5.91 Å². The number of benzene rings is 2. The van der Waals surface area contributed by atoms with Gasteiger partial charge in [-0.15, -0.1) is 0 Å². The van der Waals surface area contributed by atoms with E-state index in [4.69, 9.17) is 14.2 Å². The van der Waals surface area contributed by atoms with E-state index in [1.165, 1.54) is 12.5 Å². The molecule has 0 spiro atoms. The van der Waals surface area contributed by atoms with Crippen molar-refractivity contribution in [1.29, 1.82) is 0 Å². The second kappa shape index (κ2) is 14.3. The first-order valence-corrected chi connectivity index (χ1v) is 15.7. The molecule has 2 bridgehead atoms. The third-order valence-electron chi connectivity index (χ3n) is 8.53. The van der Waals surface area contributed by atoms with Crippen LogP contribution in [0.4, 0.5) is 4.79 Å². The maximum Gasteiger partial charge on any atom is 0.407 e. The third-order valence-corrected chi connectivity index (χ3v) is 8.53. The molecule has 2 amide bonds. The summed E-state index contributed by atoms with van der Waals surface area (Å²) in [7, 11) is 0. The van der Waals surface area contributed by atoms with E-state index in [9.17, 15) is 19.2 Å². The standard InChI is InChI=1S/C35H46N2O7/c1-23(38)36-29(17-18-30(39)44-34(2,3)4)32(40)43-27-16-15-25-20-26-14-10-7-11-19-35(5,28(25)21-27)31(26)37-33(41)42-22-24-12-8-6-9-13-24/h6,8-9,12-13,15-16,21,26,29,31H,7,10-11,14,17-20,22H2,1-5H3,(H,36,38)(H,37,41)/t26-,29-,31-,35+/m0/s1. The Labute approximate surface area is 260 Å². The van der Waals surface area contributed by atoms with Gasteiger partial charge in [-0.05, 0) is 81.2 Å². The van der Waals surface area contributed by atoms with Gasteiger partial charge in [-0.25, -0.2) is 9.59 Å². The fourth-order valence-electron chi connectivity index (χ4n) is 6.56. The molecule has 1 fully saturated rings. The van der Waals surface area contributed by atoms with Crippen LogP contribution in [0.15, 0.2) is 48.5 Å². The zero-order valence-electron chi connectivity index (χ0n) is 26.6. The average molecular weight is 607 g/mol. The molecule has 0 unspecified atom stereocenters. The van der Waals surface area contributed by atoms with Crippen LogP contribution >= 0.6 is 0 Å². The summed E-state index contributed by atoms with van der Waals surface area (Å²) < 4.78 is 16.8. The Kier molecular flexibility index (Phi) is 10.7. The first-order valence-electron chi connectivity index (χ1n) is 15.7. The predicted molar refractivity (Wildman–Crippen MR) is 166 cm³/mol. The van der Waals surface area contributed by atoms with Crippen LogP contribution < -0.4 is 15.4 Å². The lowest BCUT2D eigenvalue weighted by Crippen LogP contribution is -2.57. The monoisotopic (exact) mass is 606 g/mol. The summed E-state index contributed by atoms with van der Waals surface area (Å²) in [5.41, 5.74) is 2.09. The molecule has 9 nitrogen and oxygen atoms in total. The molecule has 2 aromatic carbocycles. The third kappa shape index (κ3) is 8.83. The Morgan fingerprint density at radius 3 is 2.48 bits per heavy atom. The Balaban J connectivity index is 1.51. The Morgan fingerprint density at radius 1 is 1.02 bits per heavy atom. The maximum absolute atomic E-state index is 13.2. The lowest BCUT2D eigenvalue weighted by Gasteiger charge is -2.49. The molecule has 4 rings (SSSR count). The van der Waals surface area contributed by atoms with E-state index in [1.807, 2.05) is 42.5 Å². The number of amides is 2. The predicted octanol–water partition coefficient (Wildman–Crippen LogP) is 5.91. The van der Waals surface area contributed by atoms with Gasteiger partial charge >= 0.3 is 18.0 Å². The van der Waals surface area contributed by atoms with Crippen molar-refractivity contribution < 1.29 is 33.4 Å². The van der Waals surface area contributed by atoms with Crippen molar-refractivity contribution in [2.75, 3.05) is 0 Å². The summed E-state index contributed by atoms with van der Waals surface area (Å²) in [4.78, 5) is 50.4. The van der Waals surface area contributed by atoms with E-state index in [0.29, 0.717) is 5.75 Å². The van der Waals surface area contributed by atoms with Crippen LogP contribution in [0.1, 0.15) is 96.3 Å². The quantitative estimate of drug-likeness (QED) is 0.269. The Morgan fingerprint density at radius 2 is 1.77 bits per heavy atom. The number of carbonyl (C=O) groups excluding carboxylic acids is 4. The second-order valence-electron chi connectivity index (χ2n) is 13.3. The molecule has 0 aliphatic heterocycles. The molecule has 2 aliphatic carbocycles. The van der Waals surface area contributed by atoms with Gasteiger partial charge in [-0.1, -0.05) is 62.6 Å². The Hall–Kier alpha value is -3.88. The minimum Gasteiger partial charge on any atom is -0.460 e. The number of ether oxygens (including phenoxy) is 3. The number of hydrogen-bond acceptors (Lipinski definition) is 7. The molecule has 2 aromatic rings. The van der Waals surface area contributed by atoms with Gasteiger partial charge in [0.25, 0.3) is 0 Å².